The van der Waals surface area contributed by atoms with Crippen LogP contribution >= 0.6 is 0 Å². The number of carbonyl (C=O) groups is 1. The molecule has 1 saturated carbocycles. The van der Waals surface area contributed by atoms with Gasteiger partial charge in [0, 0.05) is 5.92 Å². The average Bonchev–Trinajstić information content (AvgIpc) is 3.39. The maximum absolute atomic E-state index is 11.4. The van der Waals surface area contributed by atoms with Gasteiger partial charge in [0.15, 0.2) is 16.6 Å². The Balaban J connectivity index is 2.36. The van der Waals surface area contributed by atoms with E-state index in [-0.39, 0.29) is 28.3 Å². The number of carbonyl (C=O) groups excluding carboxylic acids is 1. The second-order valence-electron chi connectivity index (χ2n) is 16.8. The van der Waals surface area contributed by atoms with Crippen molar-refractivity contribution in [3.8, 4) is 0 Å². The number of rotatable bonds is 14. The number of fused-ring (bicyclic) bond motifs is 1. The molecule has 1 fully saturated rings. The molecule has 0 saturated heterocycles. The molecule has 0 unspecified atom stereocenters. The highest BCUT2D eigenvalue weighted by molar-refractivity contribution is 6.74. The largest absolute Gasteiger partial charge is 0.465 e. The van der Waals surface area contributed by atoms with Gasteiger partial charge in [-0.15, -0.1) is 5.73 Å². The first-order valence-corrected chi connectivity index (χ1v) is 22.8. The van der Waals surface area contributed by atoms with Crippen LogP contribution in [-0.4, -0.2) is 41.9 Å². The van der Waals surface area contributed by atoms with E-state index in [1.165, 1.54) is 30.8 Å². The monoisotopic (exact) mass is 642 g/mol. The summed E-state index contributed by atoms with van der Waals surface area (Å²) in [6, 6.07) is 0. The molecule has 0 N–H and O–H groups in total. The van der Waals surface area contributed by atoms with Gasteiger partial charge >= 0.3 is 5.97 Å². The van der Waals surface area contributed by atoms with E-state index in [1.54, 1.807) is 0 Å². The van der Waals surface area contributed by atoms with Gasteiger partial charge in [0.05, 0.1) is 25.4 Å². The molecule has 250 valence electrons. The van der Waals surface area contributed by atoms with E-state index in [1.807, 2.05) is 6.08 Å². The van der Waals surface area contributed by atoms with Crippen LogP contribution in [0.4, 0.5) is 0 Å². The van der Waals surface area contributed by atoms with Gasteiger partial charge in [-0.3, -0.25) is 0 Å². The van der Waals surface area contributed by atoms with E-state index in [0.29, 0.717) is 23.7 Å². The van der Waals surface area contributed by atoms with Gasteiger partial charge in [0.1, 0.15) is 0 Å². The molecule has 0 aliphatic heterocycles. The lowest BCUT2D eigenvalue weighted by molar-refractivity contribution is -0.134. The van der Waals surface area contributed by atoms with Gasteiger partial charge in [-0.05, 0) is 112 Å². The van der Waals surface area contributed by atoms with Crippen molar-refractivity contribution in [2.45, 2.75) is 149 Å². The van der Waals surface area contributed by atoms with Crippen molar-refractivity contribution in [1.29, 1.82) is 0 Å². The summed E-state index contributed by atoms with van der Waals surface area (Å²) >= 11 is 0. The Morgan fingerprint density at radius 2 is 1.70 bits per heavy atom. The molecule has 0 bridgehead atoms. The first-order valence-electron chi connectivity index (χ1n) is 17.0. The number of methoxy groups -OCH3 is 1. The highest BCUT2D eigenvalue weighted by Gasteiger charge is 2.48. The van der Waals surface area contributed by atoms with Crippen LogP contribution < -0.4 is 0 Å². The molecule has 2 rings (SSSR count). The van der Waals surface area contributed by atoms with Gasteiger partial charge in [-0.25, -0.2) is 4.79 Å². The Bertz CT molecular complexity index is 1100. The minimum Gasteiger partial charge on any atom is -0.465 e. The Morgan fingerprint density at radius 1 is 1.07 bits per heavy atom. The number of hydrogen-bond acceptors (Lipinski definition) is 4. The van der Waals surface area contributed by atoms with Crippen molar-refractivity contribution >= 4 is 22.6 Å². The molecule has 0 radical (unpaired) electrons. The van der Waals surface area contributed by atoms with Crippen molar-refractivity contribution in [2.75, 3.05) is 7.11 Å². The fourth-order valence-electron chi connectivity index (χ4n) is 5.93. The zero-order valence-corrected chi connectivity index (χ0v) is 32.8. The first-order chi connectivity index (χ1) is 20.2. The number of allylic oxidation sites excluding steroid dienone is 4. The summed E-state index contributed by atoms with van der Waals surface area (Å²) in [5.74, 6) is 1.65. The maximum atomic E-state index is 11.4. The molecular weight excluding hydrogens is 577 g/mol. The van der Waals surface area contributed by atoms with Crippen LogP contribution in [-0.2, 0) is 18.4 Å². The fraction of sp³-hybridized carbons (Fsp3) is 0.737. The minimum absolute atomic E-state index is 0.116. The fourth-order valence-corrected chi connectivity index (χ4v) is 8.58. The number of ether oxygens (including phenoxy) is 1. The van der Waals surface area contributed by atoms with Crippen LogP contribution in [0.2, 0.25) is 36.3 Å². The zero-order valence-electron chi connectivity index (χ0n) is 30.8. The normalized spacial score (nSPS) is 23.9. The van der Waals surface area contributed by atoms with Crippen LogP contribution in [0.1, 0.15) is 101 Å². The molecule has 6 atom stereocenters. The molecular formula is C38H66O4Si2. The predicted octanol–water partition coefficient (Wildman–Crippen LogP) is 11.0. The van der Waals surface area contributed by atoms with Crippen LogP contribution in [0, 0.1) is 23.7 Å². The third kappa shape index (κ3) is 11.4. The molecule has 6 heteroatoms. The molecule has 2 aliphatic rings. The Labute approximate surface area is 273 Å². The van der Waals surface area contributed by atoms with Gasteiger partial charge in [0.25, 0.3) is 0 Å². The summed E-state index contributed by atoms with van der Waals surface area (Å²) < 4.78 is 19.0. The lowest BCUT2D eigenvalue weighted by Gasteiger charge is -2.40. The van der Waals surface area contributed by atoms with E-state index in [9.17, 15) is 4.79 Å². The molecule has 0 aromatic carbocycles. The molecule has 0 heterocycles. The van der Waals surface area contributed by atoms with E-state index < -0.39 is 16.6 Å². The quantitative estimate of drug-likeness (QED) is 0.0622. The molecule has 44 heavy (non-hydrogen) atoms. The van der Waals surface area contributed by atoms with E-state index >= 15 is 0 Å². The molecule has 0 spiro atoms. The van der Waals surface area contributed by atoms with E-state index in [4.69, 9.17) is 13.6 Å². The second kappa shape index (κ2) is 15.9. The lowest BCUT2D eigenvalue weighted by atomic mass is 9.88. The average molecular weight is 643 g/mol. The predicted molar refractivity (Wildman–Crippen MR) is 193 cm³/mol. The number of esters is 1. The highest BCUT2D eigenvalue weighted by atomic mass is 28.4. The lowest BCUT2D eigenvalue weighted by Crippen LogP contribution is -2.45. The summed E-state index contributed by atoms with van der Waals surface area (Å²) in [6.45, 7) is 30.3. The standard InChI is InChI=1S/C38H66O4Si2/c1-28(2)18-17-19-29(3)24-32(41-43(11,12)37(4,5)6)22-23-33-34-26-30(20-15-16-21-36(39)40-10)25-31(34)27-35(33)42-44(13,14)38(7,8)9/h15,18,21-23,25,29,31-35H,17,19-20,24,26-27H2,1-14H3/t16?,29-,31+,32-,33-,34+,35-/m1/s1. The van der Waals surface area contributed by atoms with Crippen molar-refractivity contribution in [2.24, 2.45) is 23.7 Å². The summed E-state index contributed by atoms with van der Waals surface area (Å²) in [4.78, 5) is 11.4. The number of hydrogen-bond donors (Lipinski definition) is 0. The summed E-state index contributed by atoms with van der Waals surface area (Å²) in [5, 5.41) is 0.336. The zero-order chi connectivity index (χ0) is 33.5. The topological polar surface area (TPSA) is 44.8 Å². The van der Waals surface area contributed by atoms with Crippen LogP contribution in [0.3, 0.4) is 0 Å². The second-order valence-corrected chi connectivity index (χ2v) is 26.3. The van der Waals surface area contributed by atoms with E-state index in [2.05, 4.69) is 119 Å². The van der Waals surface area contributed by atoms with E-state index in [0.717, 1.165) is 32.1 Å². The summed E-state index contributed by atoms with van der Waals surface area (Å²) in [7, 11) is -2.49. The van der Waals surface area contributed by atoms with Gasteiger partial charge in [-0.2, -0.15) is 0 Å². The van der Waals surface area contributed by atoms with Gasteiger partial charge < -0.3 is 13.6 Å². The third-order valence-electron chi connectivity index (χ3n) is 10.7. The summed E-state index contributed by atoms with van der Waals surface area (Å²) in [5.41, 5.74) is 5.83. The first kappa shape index (κ1) is 38.7. The molecule has 0 aromatic heterocycles. The highest BCUT2D eigenvalue weighted by Crippen LogP contribution is 2.51. The molecule has 4 nitrogen and oxygen atoms in total. The Hall–Kier alpha value is -1.44. The third-order valence-corrected chi connectivity index (χ3v) is 19.7. The Kier molecular flexibility index (Phi) is 14.0. The maximum Gasteiger partial charge on any atom is 0.338 e. The summed E-state index contributed by atoms with van der Waals surface area (Å²) in [6.07, 6.45) is 19.8. The molecule has 2 aliphatic carbocycles. The molecule has 0 amide bonds. The van der Waals surface area contributed by atoms with Crippen molar-refractivity contribution in [3.63, 3.8) is 0 Å². The van der Waals surface area contributed by atoms with Crippen molar-refractivity contribution < 1.29 is 18.4 Å². The smallest absolute Gasteiger partial charge is 0.338 e. The van der Waals surface area contributed by atoms with Gasteiger partial charge in [-0.1, -0.05) is 83.9 Å². The molecule has 0 aromatic rings. The van der Waals surface area contributed by atoms with Crippen molar-refractivity contribution in [1.82, 2.24) is 0 Å². The minimum atomic E-state index is -1.95. The van der Waals surface area contributed by atoms with Crippen LogP contribution in [0.5, 0.6) is 0 Å². The van der Waals surface area contributed by atoms with Gasteiger partial charge in [0.2, 0.25) is 0 Å². The SMILES string of the molecule is COC(=O)C=C=CCC1=C[C@H]2C[C@@H](O[Si](C)(C)C(C)(C)C)[C@H](C=C[C@H](C[C@H](C)CCC=C(C)C)O[Si](C)(C)C(C)(C)C)[C@H]2C1. The van der Waals surface area contributed by atoms with Crippen LogP contribution in [0.25, 0.3) is 0 Å². The van der Waals surface area contributed by atoms with Crippen molar-refractivity contribution in [3.05, 3.63) is 53.3 Å². The Morgan fingerprint density at radius 3 is 2.27 bits per heavy atom. The van der Waals surface area contributed by atoms with Crippen LogP contribution in [0.15, 0.2) is 53.3 Å².